The van der Waals surface area contributed by atoms with Crippen molar-refractivity contribution in [3.8, 4) is 0 Å². The van der Waals surface area contributed by atoms with Crippen LogP contribution in [-0.2, 0) is 9.84 Å². The highest BCUT2D eigenvalue weighted by Gasteiger charge is 2.24. The molecule has 0 unspecified atom stereocenters. The monoisotopic (exact) mass is 475 g/mol. The number of nitrogens with zero attached hydrogens (tertiary/aromatic N) is 3. The molecule has 0 saturated heterocycles. The van der Waals surface area contributed by atoms with Crippen molar-refractivity contribution in [2.24, 2.45) is 0 Å². The van der Waals surface area contributed by atoms with Crippen LogP contribution in [0.4, 0.5) is 13.9 Å². The summed E-state index contributed by atoms with van der Waals surface area (Å²) >= 11 is 1.13. The Hall–Kier alpha value is -2.14. The van der Waals surface area contributed by atoms with Gasteiger partial charge in [-0.1, -0.05) is 11.3 Å². The molecule has 0 spiro atoms. The summed E-state index contributed by atoms with van der Waals surface area (Å²) in [5.74, 6) is -2.37. The number of carbonyl (C=O) groups excluding carboxylic acids is 1. The second kappa shape index (κ2) is 9.34. The van der Waals surface area contributed by atoms with Crippen molar-refractivity contribution in [2.45, 2.75) is 4.90 Å². The van der Waals surface area contributed by atoms with Crippen molar-refractivity contribution in [3.05, 3.63) is 53.6 Å². The number of hydrogen-bond acceptors (Lipinski definition) is 6. The molecule has 0 aliphatic carbocycles. The van der Waals surface area contributed by atoms with Crippen LogP contribution in [0.1, 0.15) is 10.4 Å². The fraction of sp³-hybridized carbons (Fsp3) is 0.263. The predicted molar refractivity (Wildman–Crippen MR) is 117 cm³/mol. The summed E-state index contributed by atoms with van der Waals surface area (Å²) in [5, 5.41) is 0.307. The minimum atomic E-state index is -3.39. The van der Waals surface area contributed by atoms with Crippen LogP contribution in [0.2, 0.25) is 0 Å². The summed E-state index contributed by atoms with van der Waals surface area (Å²) in [4.78, 5) is 20.8. The molecule has 3 rings (SSSR count). The molecule has 0 atom stereocenters. The van der Waals surface area contributed by atoms with Crippen LogP contribution in [0.5, 0.6) is 0 Å². The Labute approximate surface area is 183 Å². The molecule has 6 nitrogen and oxygen atoms in total. The molecule has 30 heavy (non-hydrogen) atoms. The highest BCUT2D eigenvalue weighted by Crippen LogP contribution is 2.31. The van der Waals surface area contributed by atoms with E-state index in [2.05, 4.69) is 4.98 Å². The SMILES string of the molecule is CN(C)CCN(C(=O)c1ccc(F)cc1F)c1nc2ccc(S(C)(=O)=O)cc2s1.Cl. The molecular formula is C19H20ClF2N3O3S2. The number of thiazole rings is 1. The molecule has 1 amide bonds. The molecule has 3 aromatic rings. The van der Waals surface area contributed by atoms with Gasteiger partial charge in [0.15, 0.2) is 15.0 Å². The number of carbonyl (C=O) groups is 1. The van der Waals surface area contributed by atoms with Gasteiger partial charge in [0.05, 0.1) is 20.7 Å². The lowest BCUT2D eigenvalue weighted by molar-refractivity contribution is 0.0981. The first-order chi connectivity index (χ1) is 13.6. The van der Waals surface area contributed by atoms with Gasteiger partial charge in [-0.05, 0) is 44.4 Å². The Balaban J connectivity index is 0.00000320. The van der Waals surface area contributed by atoms with Gasteiger partial charge in [-0.15, -0.1) is 12.4 Å². The normalized spacial score (nSPS) is 11.5. The van der Waals surface area contributed by atoms with Gasteiger partial charge in [0.25, 0.3) is 5.91 Å². The number of sulfone groups is 1. The molecule has 0 aliphatic rings. The highest BCUT2D eigenvalue weighted by molar-refractivity contribution is 7.90. The van der Waals surface area contributed by atoms with Gasteiger partial charge < -0.3 is 4.90 Å². The van der Waals surface area contributed by atoms with Crippen LogP contribution < -0.4 is 4.90 Å². The minimum absolute atomic E-state index is 0. The number of hydrogen-bond donors (Lipinski definition) is 0. The van der Waals surface area contributed by atoms with Crippen LogP contribution in [0.25, 0.3) is 10.2 Å². The minimum Gasteiger partial charge on any atom is -0.308 e. The number of halogens is 3. The first kappa shape index (κ1) is 24.1. The van der Waals surface area contributed by atoms with Crippen molar-refractivity contribution >= 4 is 54.8 Å². The Morgan fingerprint density at radius 3 is 2.40 bits per heavy atom. The average Bonchev–Trinajstić information content (AvgIpc) is 3.03. The third kappa shape index (κ3) is 5.31. The molecular weight excluding hydrogens is 456 g/mol. The van der Waals surface area contributed by atoms with E-state index < -0.39 is 27.4 Å². The zero-order chi connectivity index (χ0) is 21.3. The highest BCUT2D eigenvalue weighted by atomic mass is 35.5. The topological polar surface area (TPSA) is 70.6 Å². The Kier molecular flexibility index (Phi) is 7.51. The fourth-order valence-electron chi connectivity index (χ4n) is 2.63. The number of amides is 1. The van der Waals surface area contributed by atoms with Crippen LogP contribution in [0.15, 0.2) is 41.3 Å². The quantitative estimate of drug-likeness (QED) is 0.544. The van der Waals surface area contributed by atoms with E-state index in [4.69, 9.17) is 0 Å². The zero-order valence-electron chi connectivity index (χ0n) is 16.4. The number of rotatable bonds is 6. The van der Waals surface area contributed by atoms with E-state index in [0.29, 0.717) is 28.0 Å². The lowest BCUT2D eigenvalue weighted by Gasteiger charge is -2.22. The van der Waals surface area contributed by atoms with Crippen LogP contribution >= 0.6 is 23.7 Å². The van der Waals surface area contributed by atoms with Gasteiger partial charge in [-0.3, -0.25) is 9.69 Å². The van der Waals surface area contributed by atoms with Crippen LogP contribution in [0, 0.1) is 11.6 Å². The number of fused-ring (bicyclic) bond motifs is 1. The van der Waals surface area contributed by atoms with E-state index in [1.54, 1.807) is 6.07 Å². The van der Waals surface area contributed by atoms with Crippen molar-refractivity contribution in [2.75, 3.05) is 38.3 Å². The summed E-state index contributed by atoms with van der Waals surface area (Å²) < 4.78 is 51.6. The molecule has 0 N–H and O–H groups in total. The van der Waals surface area contributed by atoms with Gasteiger partial charge in [-0.2, -0.15) is 0 Å². The second-order valence-corrected chi connectivity index (χ2v) is 9.81. The summed E-state index contributed by atoms with van der Waals surface area (Å²) in [7, 11) is 0.273. The van der Waals surface area contributed by atoms with E-state index in [1.807, 2.05) is 19.0 Å². The van der Waals surface area contributed by atoms with Crippen molar-refractivity contribution in [1.82, 2.24) is 9.88 Å². The largest absolute Gasteiger partial charge is 0.308 e. The molecule has 162 valence electrons. The first-order valence-corrected chi connectivity index (χ1v) is 11.3. The van der Waals surface area contributed by atoms with E-state index in [0.717, 1.165) is 29.7 Å². The number of likely N-dealkylation sites (N-methyl/N-ethyl adjacent to an activating group) is 1. The third-order valence-corrected chi connectivity index (χ3v) is 6.34. The van der Waals surface area contributed by atoms with Crippen LogP contribution in [-0.4, -0.2) is 57.6 Å². The number of aromatic nitrogens is 1. The molecule has 0 bridgehead atoms. The number of anilines is 1. The predicted octanol–water partition coefficient (Wildman–Crippen LogP) is 3.61. The molecule has 0 radical (unpaired) electrons. The standard InChI is InChI=1S/C19H19F2N3O3S2.ClH/c1-23(2)8-9-24(18(25)14-6-4-12(20)10-15(14)21)19-22-16-7-5-13(29(3,26)27)11-17(16)28-19;/h4-7,10-11H,8-9H2,1-3H3;1H. The van der Waals surface area contributed by atoms with Crippen LogP contribution in [0.3, 0.4) is 0 Å². The number of benzene rings is 2. The summed E-state index contributed by atoms with van der Waals surface area (Å²) in [6.45, 7) is 0.709. The second-order valence-electron chi connectivity index (χ2n) is 6.78. The molecule has 0 aliphatic heterocycles. The Morgan fingerprint density at radius 1 is 1.10 bits per heavy atom. The zero-order valence-corrected chi connectivity index (χ0v) is 18.9. The van der Waals surface area contributed by atoms with Gasteiger partial charge in [-0.25, -0.2) is 22.2 Å². The van der Waals surface area contributed by atoms with Gasteiger partial charge in [0.2, 0.25) is 0 Å². The Bertz CT molecular complexity index is 1180. The van der Waals surface area contributed by atoms with Gasteiger partial charge in [0.1, 0.15) is 11.6 Å². The average molecular weight is 476 g/mol. The van der Waals surface area contributed by atoms with E-state index in [-0.39, 0.29) is 29.4 Å². The van der Waals surface area contributed by atoms with Crippen molar-refractivity contribution in [3.63, 3.8) is 0 Å². The van der Waals surface area contributed by atoms with Gasteiger partial charge in [0, 0.05) is 25.4 Å². The molecule has 0 saturated carbocycles. The molecule has 1 heterocycles. The molecule has 1 aromatic heterocycles. The maximum absolute atomic E-state index is 14.2. The van der Waals surface area contributed by atoms with E-state index >= 15 is 0 Å². The molecule has 11 heteroatoms. The van der Waals surface area contributed by atoms with Crippen molar-refractivity contribution < 1.29 is 22.0 Å². The lowest BCUT2D eigenvalue weighted by atomic mass is 10.2. The Morgan fingerprint density at radius 2 is 1.80 bits per heavy atom. The van der Waals surface area contributed by atoms with E-state index in [1.165, 1.54) is 17.0 Å². The fourth-order valence-corrected chi connectivity index (χ4v) is 4.38. The molecule has 2 aromatic carbocycles. The maximum Gasteiger partial charge on any atom is 0.263 e. The first-order valence-electron chi connectivity index (χ1n) is 8.58. The summed E-state index contributed by atoms with van der Waals surface area (Å²) in [6, 6.07) is 7.31. The summed E-state index contributed by atoms with van der Waals surface area (Å²) in [6.07, 6.45) is 1.11. The summed E-state index contributed by atoms with van der Waals surface area (Å²) in [5.41, 5.74) is 0.265. The van der Waals surface area contributed by atoms with E-state index in [9.17, 15) is 22.0 Å². The maximum atomic E-state index is 14.2. The third-order valence-electron chi connectivity index (χ3n) is 4.19. The smallest absolute Gasteiger partial charge is 0.263 e. The van der Waals surface area contributed by atoms with Crippen molar-refractivity contribution in [1.29, 1.82) is 0 Å². The lowest BCUT2D eigenvalue weighted by Crippen LogP contribution is -2.37. The van der Waals surface area contributed by atoms with Gasteiger partial charge >= 0.3 is 0 Å². The molecule has 0 fully saturated rings.